The van der Waals surface area contributed by atoms with Gasteiger partial charge in [0.05, 0.1) is 0 Å². The molecule has 0 aromatic carbocycles. The first kappa shape index (κ1) is 34.2. The van der Waals surface area contributed by atoms with Crippen molar-refractivity contribution in [2.24, 2.45) is 0 Å². The van der Waals surface area contributed by atoms with Crippen LogP contribution in [0, 0.1) is 0 Å². The minimum absolute atomic E-state index is 0. The van der Waals surface area contributed by atoms with Crippen LogP contribution >= 0.6 is 0 Å². The van der Waals surface area contributed by atoms with E-state index >= 15 is 0 Å². The van der Waals surface area contributed by atoms with Crippen LogP contribution in [0.5, 0.6) is 0 Å². The zero-order valence-corrected chi connectivity index (χ0v) is 15.7. The van der Waals surface area contributed by atoms with Crippen molar-refractivity contribution in [1.82, 2.24) is 0 Å². The molecule has 0 atom stereocenters. The maximum Gasteiger partial charge on any atom is -0.0169 e. The van der Waals surface area contributed by atoms with Crippen LogP contribution in [0.15, 0.2) is 60.8 Å². The van der Waals surface area contributed by atoms with Crippen LogP contribution in [0.25, 0.3) is 0 Å². The number of hydrogen-bond acceptors (Lipinski definition) is 0. The van der Waals surface area contributed by atoms with E-state index in [-0.39, 0.29) is 29.7 Å². The van der Waals surface area contributed by atoms with E-state index in [2.05, 4.69) is 60.8 Å². The summed E-state index contributed by atoms with van der Waals surface area (Å²) in [7, 11) is 0. The van der Waals surface area contributed by atoms with Gasteiger partial charge in [-0.25, -0.2) is 0 Å². The highest BCUT2D eigenvalue weighted by Crippen LogP contribution is 2.15. The molecule has 0 nitrogen and oxygen atoms in total. The van der Waals surface area contributed by atoms with E-state index < -0.39 is 0 Å². The molecule has 0 amide bonds. The summed E-state index contributed by atoms with van der Waals surface area (Å²) in [6, 6.07) is 0. The smallest absolute Gasteiger partial charge is 0.0169 e. The summed E-state index contributed by atoms with van der Waals surface area (Å²) in [5.74, 6) is 0. The van der Waals surface area contributed by atoms with Crippen LogP contribution in [0.1, 0.15) is 120 Å². The Bertz CT molecular complexity index is 334. The summed E-state index contributed by atoms with van der Waals surface area (Å²) >= 11 is 0. The SMILES string of the molecule is C.C.C.C.C1=CCC=CC1.C1=CCCC=C1.C1=CCCCC1.C1CCCCC1. The summed E-state index contributed by atoms with van der Waals surface area (Å²) < 4.78 is 0. The third-order valence-electron chi connectivity index (χ3n) is 4.42. The highest BCUT2D eigenvalue weighted by atomic mass is 14.0. The molecule has 28 heavy (non-hydrogen) atoms. The molecular weight excluding hydrogens is 336 g/mol. The fourth-order valence-electron chi connectivity index (χ4n) is 2.90. The number of rotatable bonds is 0. The molecule has 166 valence electrons. The van der Waals surface area contributed by atoms with Gasteiger partial charge in [0.25, 0.3) is 0 Å². The summed E-state index contributed by atoms with van der Waals surface area (Å²) in [6.07, 6.45) is 41.0. The van der Waals surface area contributed by atoms with Gasteiger partial charge in [-0.2, -0.15) is 0 Å². The average molecular weight is 391 g/mol. The molecule has 4 rings (SSSR count). The van der Waals surface area contributed by atoms with E-state index in [9.17, 15) is 0 Å². The summed E-state index contributed by atoms with van der Waals surface area (Å²) in [6.45, 7) is 0. The third kappa shape index (κ3) is 26.9. The lowest BCUT2D eigenvalue weighted by Gasteiger charge is -2.05. The lowest BCUT2D eigenvalue weighted by molar-refractivity contribution is 0.504. The van der Waals surface area contributed by atoms with Crippen molar-refractivity contribution >= 4 is 0 Å². The molecule has 0 aliphatic heterocycles. The Morgan fingerprint density at radius 3 is 0.750 bits per heavy atom. The van der Waals surface area contributed by atoms with Crippen molar-refractivity contribution in [2.45, 2.75) is 120 Å². The van der Waals surface area contributed by atoms with Crippen LogP contribution in [0.3, 0.4) is 0 Å². The standard InChI is InChI=1S/C6H12.C6H10.2C6H8.4CH4/c4*1-2-4-6-5-3-1;;;;/h1-6H2;1-2H,3-6H2;1-2,5-6H,3-4H2;1-4H,5-6H2;4*1H4. The second-order valence-electron chi connectivity index (χ2n) is 6.73. The Morgan fingerprint density at radius 2 is 0.607 bits per heavy atom. The van der Waals surface area contributed by atoms with Gasteiger partial charge in [-0.3, -0.25) is 0 Å². The van der Waals surface area contributed by atoms with Gasteiger partial charge in [0.2, 0.25) is 0 Å². The van der Waals surface area contributed by atoms with Crippen molar-refractivity contribution in [1.29, 1.82) is 0 Å². The second kappa shape index (κ2) is 30.4. The lowest BCUT2D eigenvalue weighted by Crippen LogP contribution is -1.85. The highest BCUT2D eigenvalue weighted by Gasteiger charge is 1.95. The quantitative estimate of drug-likeness (QED) is 0.361. The largest absolute Gasteiger partial charge is 0.0885 e. The zero-order chi connectivity index (χ0) is 17.0. The van der Waals surface area contributed by atoms with E-state index in [4.69, 9.17) is 0 Å². The molecule has 1 fully saturated rings. The minimum atomic E-state index is 0. The average Bonchev–Trinajstić information content (AvgIpc) is 2.75. The van der Waals surface area contributed by atoms with Gasteiger partial charge in [0, 0.05) is 0 Å². The maximum atomic E-state index is 2.27. The van der Waals surface area contributed by atoms with Gasteiger partial charge in [-0.15, -0.1) is 0 Å². The van der Waals surface area contributed by atoms with Gasteiger partial charge >= 0.3 is 0 Å². The van der Waals surface area contributed by atoms with E-state index in [1.165, 1.54) is 77.0 Å². The molecule has 0 unspecified atom stereocenters. The van der Waals surface area contributed by atoms with E-state index in [1.807, 2.05) is 0 Å². The molecule has 4 aliphatic carbocycles. The summed E-state index contributed by atoms with van der Waals surface area (Å²) in [5.41, 5.74) is 0. The molecule has 0 aromatic rings. The Kier molecular flexibility index (Phi) is 37.2. The van der Waals surface area contributed by atoms with Crippen LogP contribution in [0.4, 0.5) is 0 Å². The van der Waals surface area contributed by atoms with E-state index in [1.54, 1.807) is 0 Å². The van der Waals surface area contributed by atoms with Crippen LogP contribution in [-0.2, 0) is 0 Å². The van der Waals surface area contributed by atoms with Crippen LogP contribution in [0.2, 0.25) is 0 Å². The first-order valence-electron chi connectivity index (χ1n) is 10.3. The molecule has 0 saturated heterocycles. The molecule has 0 radical (unpaired) electrons. The summed E-state index contributed by atoms with van der Waals surface area (Å²) in [4.78, 5) is 0. The Labute approximate surface area is 180 Å². The minimum Gasteiger partial charge on any atom is -0.0885 e. The normalized spacial score (nSPS) is 17.7. The number of hydrogen-bond donors (Lipinski definition) is 0. The van der Waals surface area contributed by atoms with E-state index in [0.29, 0.717) is 0 Å². The van der Waals surface area contributed by atoms with Crippen molar-refractivity contribution in [3.05, 3.63) is 60.8 Å². The van der Waals surface area contributed by atoms with Crippen molar-refractivity contribution in [3.8, 4) is 0 Å². The van der Waals surface area contributed by atoms with Gasteiger partial charge in [-0.1, -0.05) is 129 Å². The van der Waals surface area contributed by atoms with Crippen molar-refractivity contribution in [3.63, 3.8) is 0 Å². The van der Waals surface area contributed by atoms with Crippen LogP contribution < -0.4 is 0 Å². The fraction of sp³-hybridized carbons (Fsp3) is 0.643. The molecule has 4 aliphatic rings. The zero-order valence-electron chi connectivity index (χ0n) is 15.7. The first-order valence-corrected chi connectivity index (χ1v) is 10.3. The predicted molar refractivity (Wildman–Crippen MR) is 137 cm³/mol. The van der Waals surface area contributed by atoms with Crippen molar-refractivity contribution in [2.75, 3.05) is 0 Å². The molecular formula is C28H54. The monoisotopic (exact) mass is 390 g/mol. The Balaban J connectivity index is -0.000000131. The highest BCUT2D eigenvalue weighted by molar-refractivity contribution is 5.07. The summed E-state index contributed by atoms with van der Waals surface area (Å²) in [5, 5.41) is 0. The van der Waals surface area contributed by atoms with Crippen molar-refractivity contribution < 1.29 is 0 Å². The molecule has 0 spiro atoms. The molecule has 0 N–H and O–H groups in total. The van der Waals surface area contributed by atoms with Gasteiger partial charge in [0.1, 0.15) is 0 Å². The Morgan fingerprint density at radius 1 is 0.286 bits per heavy atom. The topological polar surface area (TPSA) is 0 Å². The number of allylic oxidation sites excluding steroid dienone is 10. The third-order valence-corrected chi connectivity index (χ3v) is 4.42. The van der Waals surface area contributed by atoms with Gasteiger partial charge in [-0.05, 0) is 51.4 Å². The van der Waals surface area contributed by atoms with E-state index in [0.717, 1.165) is 12.8 Å². The molecule has 1 saturated carbocycles. The fourth-order valence-corrected chi connectivity index (χ4v) is 2.90. The molecule has 0 heterocycles. The first-order chi connectivity index (χ1) is 12.0. The van der Waals surface area contributed by atoms with Crippen LogP contribution in [-0.4, -0.2) is 0 Å². The molecule has 0 bridgehead atoms. The van der Waals surface area contributed by atoms with Gasteiger partial charge < -0.3 is 0 Å². The molecule has 0 aromatic heterocycles. The molecule has 0 heteroatoms. The predicted octanol–water partition coefficient (Wildman–Crippen LogP) is 10.8. The second-order valence-corrected chi connectivity index (χ2v) is 6.73. The van der Waals surface area contributed by atoms with Gasteiger partial charge in [0.15, 0.2) is 0 Å². The Hall–Kier alpha value is -1.30. The lowest BCUT2D eigenvalue weighted by atomic mass is 10.0. The maximum absolute atomic E-state index is 2.27.